The zero-order chi connectivity index (χ0) is 13.8. The Morgan fingerprint density at radius 1 is 1.26 bits per heavy atom. The van der Waals surface area contributed by atoms with Crippen molar-refractivity contribution in [1.82, 2.24) is 0 Å². The highest BCUT2D eigenvalue weighted by Crippen LogP contribution is 2.22. The molecule has 0 saturated heterocycles. The summed E-state index contributed by atoms with van der Waals surface area (Å²) in [4.78, 5) is 13.9. The molecule has 0 aliphatic heterocycles. The van der Waals surface area contributed by atoms with Crippen LogP contribution in [0.1, 0.15) is 27.0 Å². The molecule has 0 spiro atoms. The predicted molar refractivity (Wildman–Crippen MR) is 80.4 cm³/mol. The Labute approximate surface area is 116 Å². The first-order valence-electron chi connectivity index (χ1n) is 6.11. The second-order valence-electron chi connectivity index (χ2n) is 4.24. The maximum Gasteiger partial charge on any atom is 0.250 e. The van der Waals surface area contributed by atoms with Crippen molar-refractivity contribution in [2.24, 2.45) is 5.73 Å². The van der Waals surface area contributed by atoms with E-state index in [1.165, 1.54) is 9.75 Å². The lowest BCUT2D eigenvalue weighted by Crippen LogP contribution is -2.14. The van der Waals surface area contributed by atoms with Crippen LogP contribution in [0.2, 0.25) is 0 Å². The number of thiophene rings is 1. The molecule has 1 amide bonds. The quantitative estimate of drug-likeness (QED) is 0.734. The highest BCUT2D eigenvalue weighted by Gasteiger charge is 2.08. The highest BCUT2D eigenvalue weighted by molar-refractivity contribution is 7.12. The molecule has 0 aliphatic carbocycles. The Hall–Kier alpha value is -2.01. The van der Waals surface area contributed by atoms with Crippen molar-refractivity contribution in [1.29, 1.82) is 0 Å². The molecule has 0 fully saturated rings. The van der Waals surface area contributed by atoms with Gasteiger partial charge in [0, 0.05) is 27.7 Å². The number of nitrogens with one attached hydrogen (secondary N) is 1. The lowest BCUT2D eigenvalue weighted by molar-refractivity contribution is 0.100. The summed E-state index contributed by atoms with van der Waals surface area (Å²) < 4.78 is 0. The molecule has 2 aromatic rings. The average Bonchev–Trinajstić information content (AvgIpc) is 2.85. The largest absolute Gasteiger partial charge is 0.399 e. The number of hydrogen-bond acceptors (Lipinski definition) is 4. The van der Waals surface area contributed by atoms with E-state index in [0.29, 0.717) is 23.5 Å². The van der Waals surface area contributed by atoms with Crippen LogP contribution in [-0.2, 0) is 13.0 Å². The van der Waals surface area contributed by atoms with E-state index in [9.17, 15) is 4.79 Å². The van der Waals surface area contributed by atoms with Crippen LogP contribution in [0.3, 0.4) is 0 Å². The number of rotatable bonds is 5. The fourth-order valence-electron chi connectivity index (χ4n) is 1.81. The minimum atomic E-state index is -0.477. The van der Waals surface area contributed by atoms with E-state index < -0.39 is 5.91 Å². The number of anilines is 2. The monoisotopic (exact) mass is 275 g/mol. The first kappa shape index (κ1) is 13.4. The summed E-state index contributed by atoms with van der Waals surface area (Å²) in [6.07, 6.45) is 1.04. The fourth-order valence-corrected chi connectivity index (χ4v) is 2.71. The first-order valence-corrected chi connectivity index (χ1v) is 6.92. The van der Waals surface area contributed by atoms with Crippen LogP contribution < -0.4 is 16.8 Å². The van der Waals surface area contributed by atoms with Gasteiger partial charge in [-0.15, -0.1) is 11.3 Å². The summed E-state index contributed by atoms with van der Waals surface area (Å²) in [5, 5.41) is 3.23. The minimum absolute atomic E-state index is 0.423. The summed E-state index contributed by atoms with van der Waals surface area (Å²) in [6.45, 7) is 2.81. The van der Waals surface area contributed by atoms with E-state index in [2.05, 4.69) is 24.4 Å². The van der Waals surface area contributed by atoms with E-state index >= 15 is 0 Å². The Bertz CT molecular complexity index is 592. The number of nitrogens with two attached hydrogens (primary N) is 2. The number of carbonyl (C=O) groups is 1. The topological polar surface area (TPSA) is 81.1 Å². The van der Waals surface area contributed by atoms with Crippen molar-refractivity contribution < 1.29 is 4.79 Å². The van der Waals surface area contributed by atoms with Crippen LogP contribution in [0.4, 0.5) is 11.4 Å². The van der Waals surface area contributed by atoms with Gasteiger partial charge in [0.05, 0.1) is 5.56 Å². The zero-order valence-electron chi connectivity index (χ0n) is 10.8. The van der Waals surface area contributed by atoms with Crippen molar-refractivity contribution in [2.45, 2.75) is 19.9 Å². The number of primary amides is 1. The molecule has 1 aromatic carbocycles. The Kier molecular flexibility index (Phi) is 4.06. The van der Waals surface area contributed by atoms with Gasteiger partial charge in [-0.1, -0.05) is 6.92 Å². The molecule has 0 saturated carbocycles. The van der Waals surface area contributed by atoms with E-state index in [1.54, 1.807) is 29.5 Å². The van der Waals surface area contributed by atoms with Crippen molar-refractivity contribution in [3.05, 3.63) is 45.6 Å². The van der Waals surface area contributed by atoms with Crippen LogP contribution in [-0.4, -0.2) is 5.91 Å². The number of hydrogen-bond donors (Lipinski definition) is 3. The normalized spacial score (nSPS) is 10.4. The standard InChI is InChI=1S/C14H17N3OS/c1-2-10-4-5-11(19-10)8-17-13-6-3-9(15)7-12(13)14(16)18/h3-7,17H,2,8,15H2,1H3,(H2,16,18). The van der Waals surface area contributed by atoms with Gasteiger partial charge in [0.15, 0.2) is 0 Å². The van der Waals surface area contributed by atoms with Crippen molar-refractivity contribution in [3.8, 4) is 0 Å². The summed E-state index contributed by atoms with van der Waals surface area (Å²) in [5.74, 6) is -0.477. The molecule has 5 N–H and O–H groups in total. The van der Waals surface area contributed by atoms with Crippen LogP contribution >= 0.6 is 11.3 Å². The molecule has 5 heteroatoms. The van der Waals surface area contributed by atoms with Gasteiger partial charge in [-0.25, -0.2) is 0 Å². The van der Waals surface area contributed by atoms with Crippen molar-refractivity contribution in [3.63, 3.8) is 0 Å². The molecule has 100 valence electrons. The third kappa shape index (κ3) is 3.26. The van der Waals surface area contributed by atoms with Gasteiger partial charge >= 0.3 is 0 Å². The van der Waals surface area contributed by atoms with Crippen LogP contribution in [0.25, 0.3) is 0 Å². The number of aryl methyl sites for hydroxylation is 1. The van der Waals surface area contributed by atoms with E-state index in [0.717, 1.165) is 6.42 Å². The van der Waals surface area contributed by atoms with Crippen molar-refractivity contribution in [2.75, 3.05) is 11.1 Å². The predicted octanol–water partition coefficient (Wildman–Crippen LogP) is 2.60. The number of benzene rings is 1. The molecular weight excluding hydrogens is 258 g/mol. The third-order valence-corrected chi connectivity index (χ3v) is 4.06. The van der Waals surface area contributed by atoms with E-state index in [-0.39, 0.29) is 0 Å². The molecule has 0 unspecified atom stereocenters. The van der Waals surface area contributed by atoms with Gasteiger partial charge in [0.1, 0.15) is 0 Å². The smallest absolute Gasteiger partial charge is 0.250 e. The van der Waals surface area contributed by atoms with Crippen LogP contribution in [0.5, 0.6) is 0 Å². The lowest BCUT2D eigenvalue weighted by Gasteiger charge is -2.09. The molecule has 19 heavy (non-hydrogen) atoms. The lowest BCUT2D eigenvalue weighted by atomic mass is 10.1. The van der Waals surface area contributed by atoms with Gasteiger partial charge in [-0.3, -0.25) is 4.79 Å². The minimum Gasteiger partial charge on any atom is -0.399 e. The second kappa shape index (κ2) is 5.75. The zero-order valence-corrected chi connectivity index (χ0v) is 11.6. The maximum atomic E-state index is 11.4. The van der Waals surface area contributed by atoms with E-state index in [4.69, 9.17) is 11.5 Å². The molecule has 2 rings (SSSR count). The summed E-state index contributed by atoms with van der Waals surface area (Å²) >= 11 is 1.77. The maximum absolute atomic E-state index is 11.4. The molecule has 0 aliphatic rings. The summed E-state index contributed by atoms with van der Waals surface area (Å²) in [7, 11) is 0. The Morgan fingerprint density at radius 3 is 2.63 bits per heavy atom. The van der Waals surface area contributed by atoms with Crippen LogP contribution in [0.15, 0.2) is 30.3 Å². The van der Waals surface area contributed by atoms with Gasteiger partial charge in [0.25, 0.3) is 5.91 Å². The van der Waals surface area contributed by atoms with Gasteiger partial charge < -0.3 is 16.8 Å². The molecule has 0 bridgehead atoms. The number of carbonyl (C=O) groups excluding carboxylic acids is 1. The molecule has 0 atom stereocenters. The number of amides is 1. The Balaban J connectivity index is 2.12. The molecular formula is C14H17N3OS. The van der Waals surface area contributed by atoms with Crippen LogP contribution in [0, 0.1) is 0 Å². The Morgan fingerprint density at radius 2 is 2.00 bits per heavy atom. The highest BCUT2D eigenvalue weighted by atomic mass is 32.1. The number of nitrogen functional groups attached to an aromatic ring is 1. The van der Waals surface area contributed by atoms with E-state index in [1.807, 2.05) is 0 Å². The summed E-state index contributed by atoms with van der Waals surface area (Å²) in [5.41, 5.74) is 12.7. The molecule has 1 heterocycles. The SMILES string of the molecule is CCc1ccc(CNc2ccc(N)cc2C(N)=O)s1. The third-order valence-electron chi connectivity index (χ3n) is 2.83. The molecule has 4 nitrogen and oxygen atoms in total. The molecule has 0 radical (unpaired) electrons. The second-order valence-corrected chi connectivity index (χ2v) is 5.50. The van der Waals surface area contributed by atoms with Gasteiger partial charge in [-0.2, -0.15) is 0 Å². The van der Waals surface area contributed by atoms with Gasteiger partial charge in [0.2, 0.25) is 0 Å². The van der Waals surface area contributed by atoms with Gasteiger partial charge in [-0.05, 0) is 36.8 Å². The fraction of sp³-hybridized carbons (Fsp3) is 0.214. The summed E-state index contributed by atoms with van der Waals surface area (Å²) in [6, 6.07) is 9.35. The van der Waals surface area contributed by atoms with Crippen molar-refractivity contribution >= 4 is 28.6 Å². The molecule has 1 aromatic heterocycles. The average molecular weight is 275 g/mol. The first-order chi connectivity index (χ1) is 9.10.